The molecule has 6 rings (SSSR count). The van der Waals surface area contributed by atoms with Crippen LogP contribution in [-0.2, 0) is 16.1 Å². The smallest absolute Gasteiger partial charge is 0.338 e. The zero-order chi connectivity index (χ0) is 30.1. The van der Waals surface area contributed by atoms with Crippen molar-refractivity contribution in [2.24, 2.45) is 4.99 Å². The van der Waals surface area contributed by atoms with Crippen LogP contribution in [0.1, 0.15) is 36.6 Å². The molecule has 5 aromatic rings. The van der Waals surface area contributed by atoms with E-state index in [-0.39, 0.29) is 12.2 Å². The van der Waals surface area contributed by atoms with Crippen molar-refractivity contribution in [1.82, 2.24) is 4.57 Å². The molecule has 4 aromatic carbocycles. The number of rotatable bonds is 7. The van der Waals surface area contributed by atoms with Gasteiger partial charge in [0.2, 0.25) is 0 Å². The van der Waals surface area contributed by atoms with Crippen LogP contribution in [0.25, 0.3) is 16.8 Å². The van der Waals surface area contributed by atoms with Gasteiger partial charge in [-0.2, -0.15) is 0 Å². The van der Waals surface area contributed by atoms with Crippen molar-refractivity contribution in [3.63, 3.8) is 0 Å². The number of hydrogen-bond acceptors (Lipinski definition) is 6. The largest absolute Gasteiger partial charge is 0.488 e. The second kappa shape index (κ2) is 12.2. The van der Waals surface area contributed by atoms with Crippen LogP contribution in [-0.4, -0.2) is 17.1 Å². The average Bonchev–Trinajstić information content (AvgIpc) is 3.31. The fourth-order valence-corrected chi connectivity index (χ4v) is 6.46. The van der Waals surface area contributed by atoms with E-state index < -0.39 is 12.0 Å². The summed E-state index contributed by atoms with van der Waals surface area (Å²) < 4.78 is 13.7. The van der Waals surface area contributed by atoms with E-state index in [2.05, 4.69) is 4.99 Å². The Labute approximate surface area is 261 Å². The summed E-state index contributed by atoms with van der Waals surface area (Å²) in [5.41, 5.74) is 3.03. The van der Waals surface area contributed by atoms with Crippen molar-refractivity contribution < 1.29 is 14.3 Å². The van der Waals surface area contributed by atoms with Crippen LogP contribution in [0.4, 0.5) is 0 Å². The number of thiazole rings is 1. The summed E-state index contributed by atoms with van der Waals surface area (Å²) in [5, 5.41) is 3.17. The number of ether oxygens (including phenoxy) is 2. The van der Waals surface area contributed by atoms with Crippen LogP contribution in [0.2, 0.25) is 10.0 Å². The SMILES string of the molecule is CCOC(=O)C1=C(C)N=c2s/c(=C\c3c(OCc4ccc(Cl)cc4)ccc4ccccc34)c(=O)n2[C@@H]1c1ccc(Cl)cc1. The van der Waals surface area contributed by atoms with E-state index >= 15 is 0 Å². The molecule has 0 aliphatic carbocycles. The molecule has 0 saturated heterocycles. The molecule has 9 heteroatoms. The van der Waals surface area contributed by atoms with Crippen LogP contribution in [0.5, 0.6) is 5.75 Å². The lowest BCUT2D eigenvalue weighted by Crippen LogP contribution is -2.39. The minimum absolute atomic E-state index is 0.202. The first kappa shape index (κ1) is 28.9. The Morgan fingerprint density at radius 3 is 2.40 bits per heavy atom. The second-order valence-corrected chi connectivity index (χ2v) is 11.8. The molecule has 0 unspecified atom stereocenters. The van der Waals surface area contributed by atoms with E-state index in [1.165, 1.54) is 11.3 Å². The highest BCUT2D eigenvalue weighted by atomic mass is 35.5. The maximum absolute atomic E-state index is 14.2. The maximum Gasteiger partial charge on any atom is 0.338 e. The Morgan fingerprint density at radius 2 is 1.67 bits per heavy atom. The van der Waals surface area contributed by atoms with Gasteiger partial charge in [0.05, 0.1) is 28.5 Å². The van der Waals surface area contributed by atoms with Gasteiger partial charge >= 0.3 is 5.97 Å². The molecule has 0 radical (unpaired) electrons. The summed E-state index contributed by atoms with van der Waals surface area (Å²) in [6, 6.07) is 25.8. The van der Waals surface area contributed by atoms with Gasteiger partial charge < -0.3 is 9.47 Å². The molecule has 0 spiro atoms. The quantitative estimate of drug-likeness (QED) is 0.185. The number of carbonyl (C=O) groups excluding carboxylic acids is 1. The first-order valence-corrected chi connectivity index (χ1v) is 15.3. The van der Waals surface area contributed by atoms with Crippen molar-refractivity contribution in [2.45, 2.75) is 26.5 Å². The third-order valence-electron chi connectivity index (χ3n) is 7.22. The molecule has 2 heterocycles. The van der Waals surface area contributed by atoms with Crippen molar-refractivity contribution in [3.05, 3.63) is 143 Å². The first-order chi connectivity index (χ1) is 20.8. The van der Waals surface area contributed by atoms with Gasteiger partial charge in [0, 0.05) is 15.6 Å². The van der Waals surface area contributed by atoms with Gasteiger partial charge in [0.1, 0.15) is 12.4 Å². The van der Waals surface area contributed by atoms with Gasteiger partial charge in [0.15, 0.2) is 4.80 Å². The van der Waals surface area contributed by atoms with E-state index in [0.29, 0.717) is 43.0 Å². The van der Waals surface area contributed by atoms with E-state index in [4.69, 9.17) is 32.7 Å². The van der Waals surface area contributed by atoms with Crippen LogP contribution >= 0.6 is 34.5 Å². The predicted molar refractivity (Wildman–Crippen MR) is 172 cm³/mol. The lowest BCUT2D eigenvalue weighted by molar-refractivity contribution is -0.139. The van der Waals surface area contributed by atoms with Gasteiger partial charge in [-0.25, -0.2) is 9.79 Å². The van der Waals surface area contributed by atoms with Crippen LogP contribution in [0.15, 0.2) is 106 Å². The second-order valence-electron chi connectivity index (χ2n) is 9.97. The molecule has 1 aromatic heterocycles. The highest BCUT2D eigenvalue weighted by Gasteiger charge is 2.33. The molecule has 6 nitrogen and oxygen atoms in total. The maximum atomic E-state index is 14.2. The molecule has 0 bridgehead atoms. The van der Waals surface area contributed by atoms with Gasteiger partial charge in [-0.3, -0.25) is 9.36 Å². The third-order valence-corrected chi connectivity index (χ3v) is 8.70. The number of benzene rings is 4. The Bertz CT molecular complexity index is 2060. The third kappa shape index (κ3) is 5.76. The highest BCUT2D eigenvalue weighted by molar-refractivity contribution is 7.07. The monoisotopic (exact) mass is 628 g/mol. The van der Waals surface area contributed by atoms with Crippen LogP contribution in [0.3, 0.4) is 0 Å². The van der Waals surface area contributed by atoms with Crippen molar-refractivity contribution in [3.8, 4) is 5.75 Å². The zero-order valence-corrected chi connectivity index (χ0v) is 25.7. The fourth-order valence-electron chi connectivity index (χ4n) is 5.18. The van der Waals surface area contributed by atoms with Crippen LogP contribution in [0, 0.1) is 0 Å². The number of esters is 1. The number of allylic oxidation sites excluding steroid dienone is 1. The lowest BCUT2D eigenvalue weighted by atomic mass is 9.96. The molecule has 0 fully saturated rings. The summed E-state index contributed by atoms with van der Waals surface area (Å²) in [6.07, 6.45) is 1.85. The van der Waals surface area contributed by atoms with Gasteiger partial charge in [-0.15, -0.1) is 0 Å². The molecule has 1 atom stereocenters. The number of hydrogen-bond donors (Lipinski definition) is 0. The lowest BCUT2D eigenvalue weighted by Gasteiger charge is -2.24. The minimum atomic E-state index is -0.720. The molecule has 0 amide bonds. The topological polar surface area (TPSA) is 69.9 Å². The van der Waals surface area contributed by atoms with Gasteiger partial charge in [-0.1, -0.05) is 89.1 Å². The predicted octanol–water partition coefficient (Wildman–Crippen LogP) is 6.84. The average molecular weight is 630 g/mol. The van der Waals surface area contributed by atoms with Crippen LogP contribution < -0.4 is 19.6 Å². The number of nitrogens with zero attached hydrogens (tertiary/aromatic N) is 2. The van der Waals surface area contributed by atoms with Crippen molar-refractivity contribution in [1.29, 1.82) is 0 Å². The summed E-state index contributed by atoms with van der Waals surface area (Å²) in [6.45, 7) is 4.04. The number of aromatic nitrogens is 1. The molecular formula is C34H26Cl2N2O4S. The zero-order valence-electron chi connectivity index (χ0n) is 23.3. The minimum Gasteiger partial charge on any atom is -0.488 e. The summed E-state index contributed by atoms with van der Waals surface area (Å²) in [7, 11) is 0. The molecular weight excluding hydrogens is 603 g/mol. The number of carbonyl (C=O) groups is 1. The van der Waals surface area contributed by atoms with Crippen molar-refractivity contribution >= 4 is 57.4 Å². The van der Waals surface area contributed by atoms with E-state index in [0.717, 1.165) is 27.5 Å². The number of fused-ring (bicyclic) bond motifs is 2. The van der Waals surface area contributed by atoms with Gasteiger partial charge in [-0.05, 0) is 72.2 Å². The molecule has 1 aliphatic heterocycles. The Hall–Kier alpha value is -4.17. The standard InChI is InChI=1S/C34H26Cl2N2O4S/c1-3-41-33(40)30-20(2)37-34-38(31(30)23-10-15-25(36)16-11-23)32(39)29(43-34)18-27-26-7-5-4-6-22(26)12-17-28(27)42-19-21-8-13-24(35)14-9-21/h4-18,31H,3,19H2,1-2H3/b29-18-/t31-/m1/s1. The van der Waals surface area contributed by atoms with Gasteiger partial charge in [0.25, 0.3) is 5.56 Å². The summed E-state index contributed by atoms with van der Waals surface area (Å²) >= 11 is 13.5. The Balaban J connectivity index is 1.52. The van der Waals surface area contributed by atoms with Crippen molar-refractivity contribution in [2.75, 3.05) is 6.61 Å². The molecule has 43 heavy (non-hydrogen) atoms. The molecule has 216 valence electrons. The Kier molecular flexibility index (Phi) is 8.21. The molecule has 0 N–H and O–H groups in total. The molecule has 0 saturated carbocycles. The van der Waals surface area contributed by atoms with E-state index in [1.54, 1.807) is 30.5 Å². The summed E-state index contributed by atoms with van der Waals surface area (Å²) in [5.74, 6) is 0.127. The summed E-state index contributed by atoms with van der Waals surface area (Å²) in [4.78, 5) is 32.5. The normalized spacial score (nSPS) is 14.9. The first-order valence-electron chi connectivity index (χ1n) is 13.7. The van der Waals surface area contributed by atoms with E-state index in [9.17, 15) is 9.59 Å². The van der Waals surface area contributed by atoms with E-state index in [1.807, 2.05) is 78.9 Å². The highest BCUT2D eigenvalue weighted by Crippen LogP contribution is 2.32. The molecule has 1 aliphatic rings. The fraction of sp³-hybridized carbons (Fsp3) is 0.147. The number of halogens is 2. The Morgan fingerprint density at radius 1 is 0.977 bits per heavy atom.